The second-order valence-electron chi connectivity index (χ2n) is 2.46. The second kappa shape index (κ2) is 3.44. The Bertz CT molecular complexity index is 149. The molecule has 1 heterocycles. The molecule has 4 nitrogen and oxygen atoms in total. The van der Waals surface area contributed by atoms with Crippen molar-refractivity contribution in [3.8, 4) is 0 Å². The lowest BCUT2D eigenvalue weighted by Crippen LogP contribution is -2.04. The minimum atomic E-state index is 0.137. The van der Waals surface area contributed by atoms with Gasteiger partial charge in [0.05, 0.1) is 12.7 Å². The molecule has 0 aromatic heterocycles. The van der Waals surface area contributed by atoms with Crippen LogP contribution in [0.1, 0.15) is 19.8 Å². The molecule has 0 bridgehead atoms. The topological polar surface area (TPSA) is 61.3 Å². The summed E-state index contributed by atoms with van der Waals surface area (Å²) < 4.78 is 5.00. The van der Waals surface area contributed by atoms with Gasteiger partial charge >= 0.3 is 0 Å². The quantitative estimate of drug-likeness (QED) is 0.255. The smallest absolute Gasteiger partial charge is 0.0813 e. The van der Waals surface area contributed by atoms with E-state index in [1.54, 1.807) is 0 Å². The molecule has 1 unspecified atom stereocenters. The van der Waals surface area contributed by atoms with E-state index < -0.39 is 0 Å². The van der Waals surface area contributed by atoms with Crippen molar-refractivity contribution in [3.05, 3.63) is 10.4 Å². The molecule has 0 amide bonds. The molecule has 1 aliphatic heterocycles. The van der Waals surface area contributed by atoms with Crippen molar-refractivity contribution >= 4 is 0 Å². The number of hydrogen-bond donors (Lipinski definition) is 0. The summed E-state index contributed by atoms with van der Waals surface area (Å²) in [4.78, 5) is 2.76. The van der Waals surface area contributed by atoms with Crippen molar-refractivity contribution in [1.82, 2.24) is 0 Å². The van der Waals surface area contributed by atoms with Crippen LogP contribution in [0.3, 0.4) is 0 Å². The van der Waals surface area contributed by atoms with E-state index in [2.05, 4.69) is 10.0 Å². The van der Waals surface area contributed by atoms with E-state index >= 15 is 0 Å². The number of azide groups is 1. The molecule has 56 valence electrons. The third-order valence-corrected chi connectivity index (χ3v) is 1.62. The Labute approximate surface area is 59.8 Å². The molecule has 1 saturated heterocycles. The van der Waals surface area contributed by atoms with Gasteiger partial charge in [-0.15, -0.1) is 0 Å². The standard InChI is InChI=1S/C6H11N3O/c1-2-5(8-9-7)3-6-4-10-6/h5-6H,2-4H2,1H3/t5-,6?/m0/s1. The Morgan fingerprint density at radius 1 is 1.90 bits per heavy atom. The summed E-state index contributed by atoms with van der Waals surface area (Å²) in [6.07, 6.45) is 2.17. The zero-order chi connectivity index (χ0) is 7.40. The molecular formula is C6H11N3O. The van der Waals surface area contributed by atoms with Gasteiger partial charge < -0.3 is 4.74 Å². The van der Waals surface area contributed by atoms with E-state index in [0.29, 0.717) is 6.10 Å². The Balaban J connectivity index is 2.24. The van der Waals surface area contributed by atoms with E-state index in [9.17, 15) is 0 Å². The molecule has 0 aromatic rings. The van der Waals surface area contributed by atoms with Crippen molar-refractivity contribution in [3.63, 3.8) is 0 Å². The molecule has 1 fully saturated rings. The molecular weight excluding hydrogens is 130 g/mol. The van der Waals surface area contributed by atoms with Gasteiger partial charge in [-0.25, -0.2) is 0 Å². The lowest BCUT2D eigenvalue weighted by Gasteiger charge is -2.02. The Hall–Kier alpha value is -0.730. The highest BCUT2D eigenvalue weighted by Gasteiger charge is 2.25. The van der Waals surface area contributed by atoms with Gasteiger partial charge in [-0.2, -0.15) is 0 Å². The fraction of sp³-hybridized carbons (Fsp3) is 1.00. The molecule has 0 aliphatic carbocycles. The van der Waals surface area contributed by atoms with E-state index in [4.69, 9.17) is 10.3 Å². The fourth-order valence-corrected chi connectivity index (χ4v) is 0.876. The SMILES string of the molecule is CC[C@@H](CC1CO1)N=[N+]=[N-]. The van der Waals surface area contributed by atoms with Gasteiger partial charge in [0.1, 0.15) is 0 Å². The first-order valence-electron chi connectivity index (χ1n) is 3.52. The Morgan fingerprint density at radius 3 is 3.00 bits per heavy atom. The van der Waals surface area contributed by atoms with Crippen molar-refractivity contribution in [2.75, 3.05) is 6.61 Å². The first-order chi connectivity index (χ1) is 4.86. The maximum atomic E-state index is 8.12. The van der Waals surface area contributed by atoms with Crippen LogP contribution in [0.25, 0.3) is 10.4 Å². The van der Waals surface area contributed by atoms with Gasteiger partial charge in [0, 0.05) is 11.0 Å². The number of epoxide rings is 1. The number of ether oxygens (including phenoxy) is 1. The van der Waals surface area contributed by atoms with Crippen LogP contribution in [0.15, 0.2) is 5.11 Å². The van der Waals surface area contributed by atoms with E-state index in [-0.39, 0.29) is 6.04 Å². The van der Waals surface area contributed by atoms with Crippen LogP contribution in [-0.2, 0) is 4.74 Å². The highest BCUT2D eigenvalue weighted by molar-refractivity contribution is 4.77. The van der Waals surface area contributed by atoms with Crippen molar-refractivity contribution < 1.29 is 4.74 Å². The van der Waals surface area contributed by atoms with Crippen LogP contribution in [0.5, 0.6) is 0 Å². The van der Waals surface area contributed by atoms with Crippen molar-refractivity contribution in [2.45, 2.75) is 31.9 Å². The molecule has 4 heteroatoms. The average Bonchev–Trinajstić information content (AvgIpc) is 2.71. The Morgan fingerprint density at radius 2 is 2.60 bits per heavy atom. The van der Waals surface area contributed by atoms with Gasteiger partial charge in [-0.05, 0) is 18.4 Å². The Kier molecular flexibility index (Phi) is 2.54. The molecule has 1 aliphatic rings. The monoisotopic (exact) mass is 141 g/mol. The summed E-state index contributed by atoms with van der Waals surface area (Å²) >= 11 is 0. The predicted molar refractivity (Wildman–Crippen MR) is 37.6 cm³/mol. The van der Waals surface area contributed by atoms with Gasteiger partial charge in [0.15, 0.2) is 0 Å². The first kappa shape index (κ1) is 7.38. The molecule has 10 heavy (non-hydrogen) atoms. The summed E-state index contributed by atoms with van der Waals surface area (Å²) in [5.41, 5.74) is 8.12. The predicted octanol–water partition coefficient (Wildman–Crippen LogP) is 1.86. The highest BCUT2D eigenvalue weighted by atomic mass is 16.6. The third kappa shape index (κ3) is 2.25. The molecule has 2 atom stereocenters. The zero-order valence-corrected chi connectivity index (χ0v) is 6.03. The van der Waals surface area contributed by atoms with Crippen molar-refractivity contribution in [1.29, 1.82) is 0 Å². The van der Waals surface area contributed by atoms with E-state index in [0.717, 1.165) is 19.4 Å². The summed E-state index contributed by atoms with van der Waals surface area (Å²) in [5.74, 6) is 0. The van der Waals surface area contributed by atoms with Gasteiger partial charge in [0.25, 0.3) is 0 Å². The normalized spacial score (nSPS) is 25.1. The maximum Gasteiger partial charge on any atom is 0.0813 e. The van der Waals surface area contributed by atoms with Crippen LogP contribution in [-0.4, -0.2) is 18.8 Å². The highest BCUT2D eigenvalue weighted by Crippen LogP contribution is 2.18. The lowest BCUT2D eigenvalue weighted by atomic mass is 10.1. The maximum absolute atomic E-state index is 8.12. The van der Waals surface area contributed by atoms with Crippen LogP contribution < -0.4 is 0 Å². The summed E-state index contributed by atoms with van der Waals surface area (Å²) in [7, 11) is 0. The average molecular weight is 141 g/mol. The van der Waals surface area contributed by atoms with Crippen LogP contribution in [0.4, 0.5) is 0 Å². The molecule has 0 aromatic carbocycles. The largest absolute Gasteiger partial charge is 0.373 e. The van der Waals surface area contributed by atoms with E-state index in [1.165, 1.54) is 0 Å². The van der Waals surface area contributed by atoms with E-state index in [1.807, 2.05) is 6.92 Å². The summed E-state index contributed by atoms with van der Waals surface area (Å²) in [6.45, 7) is 2.86. The minimum absolute atomic E-state index is 0.137. The molecule has 0 N–H and O–H groups in total. The van der Waals surface area contributed by atoms with Crippen LogP contribution >= 0.6 is 0 Å². The minimum Gasteiger partial charge on any atom is -0.373 e. The fourth-order valence-electron chi connectivity index (χ4n) is 0.876. The van der Waals surface area contributed by atoms with Crippen molar-refractivity contribution in [2.24, 2.45) is 5.11 Å². The van der Waals surface area contributed by atoms with Crippen LogP contribution in [0.2, 0.25) is 0 Å². The third-order valence-electron chi connectivity index (χ3n) is 1.62. The number of hydrogen-bond acceptors (Lipinski definition) is 2. The molecule has 1 rings (SSSR count). The van der Waals surface area contributed by atoms with Gasteiger partial charge in [-0.3, -0.25) is 0 Å². The first-order valence-corrected chi connectivity index (χ1v) is 3.52. The van der Waals surface area contributed by atoms with Gasteiger partial charge in [-0.1, -0.05) is 12.0 Å². The van der Waals surface area contributed by atoms with Gasteiger partial charge in [0.2, 0.25) is 0 Å². The molecule has 0 spiro atoms. The summed E-state index contributed by atoms with van der Waals surface area (Å²) in [5, 5.41) is 3.62. The van der Waals surface area contributed by atoms with Crippen LogP contribution in [0, 0.1) is 0 Å². The molecule has 0 saturated carbocycles. The zero-order valence-electron chi connectivity index (χ0n) is 6.03. The summed E-state index contributed by atoms with van der Waals surface area (Å²) in [6, 6.07) is 0.137. The number of nitrogens with zero attached hydrogens (tertiary/aromatic N) is 3. The molecule has 0 radical (unpaired) electrons. The lowest BCUT2D eigenvalue weighted by molar-refractivity contribution is 0.377. The second-order valence-corrected chi connectivity index (χ2v) is 2.46. The number of rotatable bonds is 4.